The van der Waals surface area contributed by atoms with E-state index in [4.69, 9.17) is 32.7 Å². The van der Waals surface area contributed by atoms with Gasteiger partial charge in [-0.05, 0) is 43.9 Å². The second-order valence-corrected chi connectivity index (χ2v) is 8.28. The molecule has 3 atom stereocenters. The van der Waals surface area contributed by atoms with Crippen molar-refractivity contribution in [3.63, 3.8) is 0 Å². The van der Waals surface area contributed by atoms with E-state index in [2.05, 4.69) is 7.05 Å². The van der Waals surface area contributed by atoms with E-state index in [1.54, 1.807) is 18.2 Å². The van der Waals surface area contributed by atoms with Gasteiger partial charge < -0.3 is 14.0 Å². The first-order valence-corrected chi connectivity index (χ1v) is 9.81. The van der Waals surface area contributed by atoms with E-state index in [0.29, 0.717) is 34.4 Å². The summed E-state index contributed by atoms with van der Waals surface area (Å²) in [6.45, 7) is 2.88. The molecule has 1 aromatic carbocycles. The van der Waals surface area contributed by atoms with Crippen molar-refractivity contribution in [2.24, 2.45) is 5.92 Å². The molecule has 0 spiro atoms. The molecule has 0 radical (unpaired) electrons. The van der Waals surface area contributed by atoms with Gasteiger partial charge in [-0.1, -0.05) is 23.2 Å². The number of carbonyl (C=O) groups is 1. The van der Waals surface area contributed by atoms with Gasteiger partial charge in [0.25, 0.3) is 0 Å². The van der Waals surface area contributed by atoms with E-state index < -0.39 is 0 Å². The van der Waals surface area contributed by atoms with Gasteiger partial charge in [-0.2, -0.15) is 0 Å². The number of rotatable bonds is 5. The molecule has 25 heavy (non-hydrogen) atoms. The third-order valence-electron chi connectivity index (χ3n) is 5.71. The van der Waals surface area contributed by atoms with Gasteiger partial charge in [0.1, 0.15) is 5.75 Å². The van der Waals surface area contributed by atoms with Gasteiger partial charge >= 0.3 is 5.97 Å². The van der Waals surface area contributed by atoms with Crippen molar-refractivity contribution in [1.82, 2.24) is 0 Å². The van der Waals surface area contributed by atoms with Gasteiger partial charge in [0.05, 0.1) is 37.8 Å². The fourth-order valence-electron chi connectivity index (χ4n) is 4.40. The van der Waals surface area contributed by atoms with Gasteiger partial charge in [-0.25, -0.2) is 4.79 Å². The number of esters is 1. The molecular weight excluding hydrogens is 361 g/mol. The Morgan fingerprint density at radius 3 is 2.80 bits per heavy atom. The standard InChI is InChI=1S/C19H26Cl2NO3/c1-22-9-3-2-6-17(22)14(5-4-10-22)12-25-19(23)13-24-18-8-7-15(20)11-16(18)21/h7-8,11,14,17H,2-6,9-10,12-13H2,1H3/q+1/t14-,17+,22-/m0/s1. The lowest BCUT2D eigenvalue weighted by molar-refractivity contribution is -0.947. The number of hydrogen-bond acceptors (Lipinski definition) is 3. The molecule has 1 aromatic rings. The van der Waals surface area contributed by atoms with Crippen LogP contribution in [0, 0.1) is 5.92 Å². The molecule has 4 nitrogen and oxygen atoms in total. The average molecular weight is 387 g/mol. The number of fused-ring (bicyclic) bond motifs is 1. The molecule has 2 aliphatic rings. The summed E-state index contributed by atoms with van der Waals surface area (Å²) in [7, 11) is 2.36. The zero-order chi connectivity index (χ0) is 17.9. The van der Waals surface area contributed by atoms with Crippen molar-refractivity contribution in [3.8, 4) is 5.75 Å². The van der Waals surface area contributed by atoms with Crippen molar-refractivity contribution >= 4 is 29.2 Å². The number of hydrogen-bond donors (Lipinski definition) is 0. The van der Waals surface area contributed by atoms with Crippen molar-refractivity contribution < 1.29 is 18.8 Å². The Morgan fingerprint density at radius 1 is 1.20 bits per heavy atom. The molecule has 3 rings (SSSR count). The summed E-state index contributed by atoms with van der Waals surface area (Å²) in [4.78, 5) is 12.1. The van der Waals surface area contributed by atoms with E-state index in [1.165, 1.54) is 38.8 Å². The average Bonchev–Trinajstić information content (AvgIpc) is 2.58. The molecule has 0 N–H and O–H groups in total. The van der Waals surface area contributed by atoms with Crippen LogP contribution in [0.15, 0.2) is 18.2 Å². The predicted octanol–water partition coefficient (Wildman–Crippen LogP) is 4.32. The van der Waals surface area contributed by atoms with Crippen LogP contribution in [0.4, 0.5) is 0 Å². The van der Waals surface area contributed by atoms with E-state index in [1.807, 2.05) is 0 Å². The molecule has 0 aliphatic carbocycles. The zero-order valence-electron chi connectivity index (χ0n) is 14.7. The van der Waals surface area contributed by atoms with Crippen LogP contribution in [0.25, 0.3) is 0 Å². The highest BCUT2D eigenvalue weighted by Crippen LogP contribution is 2.36. The minimum absolute atomic E-state index is 0.134. The Morgan fingerprint density at radius 2 is 2.00 bits per heavy atom. The van der Waals surface area contributed by atoms with Crippen molar-refractivity contribution in [1.29, 1.82) is 0 Å². The minimum Gasteiger partial charge on any atom is -0.480 e. The Kier molecular flexibility index (Phi) is 6.13. The van der Waals surface area contributed by atoms with Crippen molar-refractivity contribution in [2.75, 3.05) is 33.4 Å². The normalized spacial score (nSPS) is 28.9. The Bertz CT molecular complexity index is 621. The lowest BCUT2D eigenvalue weighted by atomic mass is 9.82. The van der Waals surface area contributed by atoms with Crippen LogP contribution in [0.2, 0.25) is 10.0 Å². The van der Waals surface area contributed by atoms with Gasteiger partial charge in [0.2, 0.25) is 0 Å². The Labute approximate surface area is 159 Å². The fraction of sp³-hybridized carbons (Fsp3) is 0.632. The maximum Gasteiger partial charge on any atom is 0.344 e. The Balaban J connectivity index is 1.48. The number of benzene rings is 1. The van der Waals surface area contributed by atoms with Gasteiger partial charge in [-0.3, -0.25) is 0 Å². The number of quaternary nitrogens is 1. The summed E-state index contributed by atoms with van der Waals surface area (Å²) >= 11 is 11.9. The predicted molar refractivity (Wildman–Crippen MR) is 99.2 cm³/mol. The molecule has 2 saturated heterocycles. The number of ether oxygens (including phenoxy) is 2. The van der Waals surface area contributed by atoms with Crippen LogP contribution < -0.4 is 4.74 Å². The molecule has 2 heterocycles. The summed E-state index contributed by atoms with van der Waals surface area (Å²) in [6.07, 6.45) is 6.22. The van der Waals surface area contributed by atoms with Gasteiger partial charge in [0, 0.05) is 17.4 Å². The first-order chi connectivity index (χ1) is 12.0. The molecule has 0 saturated carbocycles. The summed E-state index contributed by atoms with van der Waals surface area (Å²) in [6, 6.07) is 5.55. The monoisotopic (exact) mass is 386 g/mol. The van der Waals surface area contributed by atoms with Gasteiger partial charge in [-0.15, -0.1) is 0 Å². The maximum atomic E-state index is 12.1. The first kappa shape index (κ1) is 18.8. The van der Waals surface area contributed by atoms with Crippen LogP contribution in [0.1, 0.15) is 32.1 Å². The molecule has 138 valence electrons. The lowest BCUT2D eigenvalue weighted by Crippen LogP contribution is -2.61. The highest BCUT2D eigenvalue weighted by molar-refractivity contribution is 6.35. The molecule has 0 amide bonds. The molecule has 0 unspecified atom stereocenters. The highest BCUT2D eigenvalue weighted by atomic mass is 35.5. The summed E-state index contributed by atoms with van der Waals surface area (Å²) in [5.41, 5.74) is 0. The molecular formula is C19H26Cl2NO3+. The van der Waals surface area contributed by atoms with Crippen LogP contribution in [0.5, 0.6) is 5.75 Å². The first-order valence-electron chi connectivity index (χ1n) is 9.06. The van der Waals surface area contributed by atoms with E-state index in [-0.39, 0.29) is 12.6 Å². The van der Waals surface area contributed by atoms with E-state index >= 15 is 0 Å². The smallest absolute Gasteiger partial charge is 0.344 e. The number of halogens is 2. The lowest BCUT2D eigenvalue weighted by Gasteiger charge is -2.51. The summed E-state index contributed by atoms with van der Waals surface area (Å²) in [5, 5.41) is 0.925. The largest absolute Gasteiger partial charge is 0.480 e. The highest BCUT2D eigenvalue weighted by Gasteiger charge is 2.43. The topological polar surface area (TPSA) is 35.5 Å². The number of carbonyl (C=O) groups excluding carboxylic acids is 1. The van der Waals surface area contributed by atoms with Crippen LogP contribution >= 0.6 is 23.2 Å². The second-order valence-electron chi connectivity index (χ2n) is 7.44. The molecule has 2 fully saturated rings. The number of piperidine rings is 2. The zero-order valence-corrected chi connectivity index (χ0v) is 16.2. The molecule has 2 aliphatic heterocycles. The van der Waals surface area contributed by atoms with Crippen LogP contribution in [0.3, 0.4) is 0 Å². The SMILES string of the molecule is C[N@@+]12CCCC[C@@H]1[C@H](COC(=O)COc1ccc(Cl)cc1Cl)CCC2. The van der Waals surface area contributed by atoms with Gasteiger partial charge in [0.15, 0.2) is 6.61 Å². The van der Waals surface area contributed by atoms with Crippen LogP contribution in [-0.2, 0) is 9.53 Å². The summed E-state index contributed by atoms with van der Waals surface area (Å²) in [5.74, 6) is 0.556. The number of nitrogens with zero attached hydrogens (tertiary/aromatic N) is 1. The maximum absolute atomic E-state index is 12.1. The summed E-state index contributed by atoms with van der Waals surface area (Å²) < 4.78 is 12.1. The van der Waals surface area contributed by atoms with E-state index in [9.17, 15) is 4.79 Å². The molecule has 0 bridgehead atoms. The minimum atomic E-state index is -0.346. The van der Waals surface area contributed by atoms with Crippen molar-refractivity contribution in [3.05, 3.63) is 28.2 Å². The quantitative estimate of drug-likeness (QED) is 0.558. The second kappa shape index (κ2) is 8.15. The Hall–Kier alpha value is -0.970. The van der Waals surface area contributed by atoms with Crippen molar-refractivity contribution in [2.45, 2.75) is 38.1 Å². The molecule has 6 heteroatoms. The van der Waals surface area contributed by atoms with Crippen LogP contribution in [-0.4, -0.2) is 49.8 Å². The molecule has 0 aromatic heterocycles. The van der Waals surface area contributed by atoms with E-state index in [0.717, 1.165) is 10.9 Å². The third kappa shape index (κ3) is 4.60. The third-order valence-corrected chi connectivity index (χ3v) is 6.24. The fourth-order valence-corrected chi connectivity index (χ4v) is 4.86.